The SMILES string of the molecule is CO[C@@H]1[C@@H](OC)[C@H](C)O[C@@H](OC[C@H]2O[C@@H]3OC(C)(C)O[C@@H]3[C@H]3OC(C)(C)O[C@H]32)[C@@H]1OC. The van der Waals surface area contributed by atoms with Crippen LogP contribution in [0.25, 0.3) is 0 Å². The number of methoxy groups -OCH3 is 3. The molecule has 10 atom stereocenters. The van der Waals surface area contributed by atoms with Crippen molar-refractivity contribution >= 4 is 0 Å². The lowest BCUT2D eigenvalue weighted by atomic mass is 9.98. The Balaban J connectivity index is 1.47. The Kier molecular flexibility index (Phi) is 6.70. The topological polar surface area (TPSA) is 92.3 Å². The molecule has 0 radical (unpaired) electrons. The number of rotatable bonds is 6. The fraction of sp³-hybridized carbons (Fsp3) is 1.00. The Morgan fingerprint density at radius 3 is 1.90 bits per heavy atom. The van der Waals surface area contributed by atoms with Crippen LogP contribution in [0, 0.1) is 0 Å². The van der Waals surface area contributed by atoms with Crippen LogP contribution in [0.15, 0.2) is 0 Å². The highest BCUT2D eigenvalue weighted by molar-refractivity contribution is 5.00. The molecule has 0 aromatic rings. The third kappa shape index (κ3) is 4.52. The number of hydrogen-bond acceptors (Lipinski definition) is 10. The van der Waals surface area contributed by atoms with Crippen LogP contribution in [0.2, 0.25) is 0 Å². The van der Waals surface area contributed by atoms with Crippen LogP contribution in [-0.4, -0.2) is 101 Å². The maximum absolute atomic E-state index is 6.21. The zero-order valence-corrected chi connectivity index (χ0v) is 19.6. The van der Waals surface area contributed by atoms with Gasteiger partial charge in [0.1, 0.15) is 42.7 Å². The van der Waals surface area contributed by atoms with E-state index >= 15 is 0 Å². The van der Waals surface area contributed by atoms with Crippen molar-refractivity contribution < 1.29 is 47.4 Å². The van der Waals surface area contributed by atoms with Crippen LogP contribution in [0.4, 0.5) is 0 Å². The molecule has 4 aliphatic heterocycles. The second-order valence-corrected chi connectivity index (χ2v) is 9.35. The van der Waals surface area contributed by atoms with Crippen molar-refractivity contribution in [3.8, 4) is 0 Å². The minimum Gasteiger partial charge on any atom is -0.376 e. The van der Waals surface area contributed by atoms with Gasteiger partial charge in [0.05, 0.1) is 12.7 Å². The zero-order chi connectivity index (χ0) is 22.6. The van der Waals surface area contributed by atoms with Crippen molar-refractivity contribution in [1.29, 1.82) is 0 Å². The van der Waals surface area contributed by atoms with Crippen LogP contribution < -0.4 is 0 Å². The first kappa shape index (κ1) is 23.7. The molecule has 0 aromatic heterocycles. The van der Waals surface area contributed by atoms with E-state index in [9.17, 15) is 0 Å². The number of hydrogen-bond donors (Lipinski definition) is 0. The lowest BCUT2D eigenvalue weighted by Gasteiger charge is -2.44. The van der Waals surface area contributed by atoms with Gasteiger partial charge < -0.3 is 47.4 Å². The smallest absolute Gasteiger partial charge is 0.190 e. The molecule has 0 aliphatic carbocycles. The van der Waals surface area contributed by atoms with Gasteiger partial charge in [-0.3, -0.25) is 0 Å². The van der Waals surface area contributed by atoms with Crippen LogP contribution in [0.3, 0.4) is 0 Å². The summed E-state index contributed by atoms with van der Waals surface area (Å²) in [6, 6.07) is 0. The van der Waals surface area contributed by atoms with E-state index in [1.807, 2.05) is 34.6 Å². The lowest BCUT2D eigenvalue weighted by molar-refractivity contribution is -0.318. The molecule has 10 nitrogen and oxygen atoms in total. The summed E-state index contributed by atoms with van der Waals surface area (Å²) < 4.78 is 59.5. The van der Waals surface area contributed by atoms with Crippen molar-refractivity contribution in [2.24, 2.45) is 0 Å². The molecule has 0 amide bonds. The molecule has 4 fully saturated rings. The normalized spacial score (nSPS) is 48.4. The molecule has 31 heavy (non-hydrogen) atoms. The van der Waals surface area contributed by atoms with Crippen molar-refractivity contribution in [3.05, 3.63) is 0 Å². The molecule has 4 saturated heterocycles. The molecule has 4 aliphatic rings. The summed E-state index contributed by atoms with van der Waals surface area (Å²) in [6.07, 6.45) is -4.10. The summed E-state index contributed by atoms with van der Waals surface area (Å²) in [5.74, 6) is -1.53. The third-order valence-corrected chi connectivity index (χ3v) is 6.22. The quantitative estimate of drug-likeness (QED) is 0.590. The zero-order valence-electron chi connectivity index (χ0n) is 19.6. The molecule has 0 bridgehead atoms. The van der Waals surface area contributed by atoms with Gasteiger partial charge in [0.2, 0.25) is 0 Å². The van der Waals surface area contributed by atoms with Crippen molar-refractivity contribution in [3.63, 3.8) is 0 Å². The van der Waals surface area contributed by atoms with Crippen molar-refractivity contribution in [2.45, 2.75) is 108 Å². The van der Waals surface area contributed by atoms with E-state index in [-0.39, 0.29) is 43.2 Å². The van der Waals surface area contributed by atoms with Crippen LogP contribution in [0.5, 0.6) is 0 Å². The largest absolute Gasteiger partial charge is 0.376 e. The average molecular weight is 449 g/mol. The van der Waals surface area contributed by atoms with E-state index in [1.54, 1.807) is 21.3 Å². The van der Waals surface area contributed by atoms with Crippen LogP contribution in [0.1, 0.15) is 34.6 Å². The highest BCUT2D eigenvalue weighted by atomic mass is 16.9. The van der Waals surface area contributed by atoms with Gasteiger partial charge in [0.25, 0.3) is 0 Å². The minimum atomic E-state index is -0.768. The highest BCUT2D eigenvalue weighted by Gasteiger charge is 2.61. The van der Waals surface area contributed by atoms with Gasteiger partial charge in [-0.05, 0) is 34.6 Å². The third-order valence-electron chi connectivity index (χ3n) is 6.22. The molecular weight excluding hydrogens is 412 g/mol. The number of fused-ring (bicyclic) bond motifs is 3. The Bertz CT molecular complexity index is 627. The Labute approximate surface area is 183 Å². The van der Waals surface area contributed by atoms with Gasteiger partial charge >= 0.3 is 0 Å². The molecule has 180 valence electrons. The molecule has 0 spiro atoms. The van der Waals surface area contributed by atoms with Gasteiger partial charge in [-0.15, -0.1) is 0 Å². The average Bonchev–Trinajstić information content (AvgIpc) is 3.19. The van der Waals surface area contributed by atoms with E-state index in [0.717, 1.165) is 0 Å². The molecule has 0 aromatic carbocycles. The van der Waals surface area contributed by atoms with Gasteiger partial charge in [-0.25, -0.2) is 0 Å². The van der Waals surface area contributed by atoms with Crippen LogP contribution >= 0.6 is 0 Å². The molecule has 0 saturated carbocycles. The van der Waals surface area contributed by atoms with E-state index in [2.05, 4.69) is 0 Å². The Morgan fingerprint density at radius 2 is 1.26 bits per heavy atom. The first-order valence-electron chi connectivity index (χ1n) is 10.8. The molecule has 10 heteroatoms. The maximum atomic E-state index is 6.21. The molecule has 0 unspecified atom stereocenters. The lowest BCUT2D eigenvalue weighted by Crippen LogP contribution is -2.60. The maximum Gasteiger partial charge on any atom is 0.190 e. The van der Waals surface area contributed by atoms with Gasteiger partial charge in [-0.1, -0.05) is 0 Å². The highest BCUT2D eigenvalue weighted by Crippen LogP contribution is 2.44. The van der Waals surface area contributed by atoms with E-state index < -0.39 is 36.4 Å². The Hall–Kier alpha value is -0.400. The fourth-order valence-electron chi connectivity index (χ4n) is 4.97. The number of ether oxygens (including phenoxy) is 10. The first-order valence-corrected chi connectivity index (χ1v) is 10.8. The summed E-state index contributed by atoms with van der Waals surface area (Å²) in [5, 5.41) is 0. The summed E-state index contributed by atoms with van der Waals surface area (Å²) in [4.78, 5) is 0. The van der Waals surface area contributed by atoms with E-state index in [1.165, 1.54) is 0 Å². The Morgan fingerprint density at radius 1 is 0.677 bits per heavy atom. The van der Waals surface area contributed by atoms with E-state index in [0.29, 0.717) is 0 Å². The molecule has 0 N–H and O–H groups in total. The summed E-state index contributed by atoms with van der Waals surface area (Å²) in [6.45, 7) is 9.57. The fourth-order valence-corrected chi connectivity index (χ4v) is 4.97. The van der Waals surface area contributed by atoms with Crippen molar-refractivity contribution in [1.82, 2.24) is 0 Å². The standard InChI is InChI=1S/C21H36O10/c1-10-12(22-6)14(23-7)16(24-8)18(26-10)25-9-11-13-15(29-20(2,3)28-13)17-19(27-11)31-21(4,5)30-17/h10-19H,9H2,1-8H3/t10-,11+,12-,13-,14+,15-,16+,17+,18+,19+/m0/s1. The predicted octanol–water partition coefficient (Wildman–Crippen LogP) is 1.19. The van der Waals surface area contributed by atoms with Gasteiger partial charge in [0, 0.05) is 21.3 Å². The summed E-state index contributed by atoms with van der Waals surface area (Å²) in [5.41, 5.74) is 0. The van der Waals surface area contributed by atoms with Gasteiger partial charge in [-0.2, -0.15) is 0 Å². The summed E-state index contributed by atoms with van der Waals surface area (Å²) >= 11 is 0. The second-order valence-electron chi connectivity index (χ2n) is 9.35. The monoisotopic (exact) mass is 448 g/mol. The summed E-state index contributed by atoms with van der Waals surface area (Å²) in [7, 11) is 4.85. The molecule has 4 heterocycles. The van der Waals surface area contributed by atoms with Gasteiger partial charge in [0.15, 0.2) is 24.2 Å². The predicted molar refractivity (Wildman–Crippen MR) is 105 cm³/mol. The first-order chi connectivity index (χ1) is 14.6. The van der Waals surface area contributed by atoms with Crippen molar-refractivity contribution in [2.75, 3.05) is 27.9 Å². The van der Waals surface area contributed by atoms with Crippen LogP contribution in [-0.2, 0) is 47.4 Å². The van der Waals surface area contributed by atoms with E-state index in [4.69, 9.17) is 47.4 Å². The molecular formula is C21H36O10. The molecule has 4 rings (SSSR count). The second kappa shape index (κ2) is 8.75. The minimum absolute atomic E-state index is 0.193.